The fourth-order valence-electron chi connectivity index (χ4n) is 4.16. The van der Waals surface area contributed by atoms with Crippen LogP contribution in [-0.2, 0) is 28.8 Å². The third-order valence-corrected chi connectivity index (χ3v) is 6.77. The number of aryl methyl sites for hydroxylation is 1. The molecule has 2 aliphatic rings. The van der Waals surface area contributed by atoms with Crippen LogP contribution in [0.3, 0.4) is 0 Å². The molecule has 2 N–H and O–H groups in total. The van der Waals surface area contributed by atoms with Gasteiger partial charge in [-0.15, -0.1) is 11.3 Å². The van der Waals surface area contributed by atoms with Crippen LogP contribution in [0.2, 0.25) is 0 Å². The summed E-state index contributed by atoms with van der Waals surface area (Å²) in [5.74, 6) is -0.200. The number of nitrogens with one attached hydrogen (secondary N) is 2. The van der Waals surface area contributed by atoms with Gasteiger partial charge in [0.25, 0.3) is 5.91 Å². The molecule has 29 heavy (non-hydrogen) atoms. The molecule has 0 saturated heterocycles. The number of hydrogen-bond acceptors (Lipinski definition) is 5. The van der Waals surface area contributed by atoms with Gasteiger partial charge in [0.2, 0.25) is 5.91 Å². The lowest BCUT2D eigenvalue weighted by Gasteiger charge is -2.18. The summed E-state index contributed by atoms with van der Waals surface area (Å²) in [5, 5.41) is 6.64. The molecule has 6 nitrogen and oxygen atoms in total. The summed E-state index contributed by atoms with van der Waals surface area (Å²) in [6.07, 6.45) is 5.06. The lowest BCUT2D eigenvalue weighted by Crippen LogP contribution is -2.33. The minimum absolute atomic E-state index is 0.0776. The highest BCUT2D eigenvalue weighted by Gasteiger charge is 2.27. The van der Waals surface area contributed by atoms with E-state index in [0.29, 0.717) is 30.3 Å². The van der Waals surface area contributed by atoms with E-state index in [0.717, 1.165) is 49.9 Å². The molecule has 0 unspecified atom stereocenters. The number of carbonyl (C=O) groups excluding carboxylic acids is 2. The van der Waals surface area contributed by atoms with Crippen molar-refractivity contribution in [3.63, 3.8) is 0 Å². The number of benzene rings is 1. The quantitative estimate of drug-likeness (QED) is 0.685. The smallest absolute Gasteiger partial charge is 0.254 e. The van der Waals surface area contributed by atoms with Crippen LogP contribution in [0.4, 0.5) is 10.7 Å². The first-order valence-electron chi connectivity index (χ1n) is 10.2. The number of ether oxygens (including phenoxy) is 1. The highest BCUT2D eigenvalue weighted by atomic mass is 32.1. The number of carbonyl (C=O) groups is 2. The van der Waals surface area contributed by atoms with Gasteiger partial charge in [0, 0.05) is 30.8 Å². The van der Waals surface area contributed by atoms with Crippen LogP contribution in [0, 0.1) is 0 Å². The van der Waals surface area contributed by atoms with Crippen molar-refractivity contribution in [3.05, 3.63) is 45.8 Å². The molecule has 4 rings (SSSR count). The molecule has 7 heteroatoms. The van der Waals surface area contributed by atoms with Crippen molar-refractivity contribution >= 4 is 33.8 Å². The summed E-state index contributed by atoms with van der Waals surface area (Å²) < 4.78 is 5.03. The average Bonchev–Trinajstić information content (AvgIpc) is 3.29. The Bertz CT molecular complexity index is 909. The van der Waals surface area contributed by atoms with Crippen molar-refractivity contribution in [1.29, 1.82) is 0 Å². The first kappa shape index (κ1) is 19.9. The van der Waals surface area contributed by atoms with Crippen LogP contribution in [0.15, 0.2) is 24.3 Å². The van der Waals surface area contributed by atoms with E-state index in [4.69, 9.17) is 4.74 Å². The SMILES string of the molecule is COCCNC(=O)c1c(NC(=O)CN2CCc3ccccc32)sc2c1CCCC2. The number of nitrogens with zero attached hydrogens (tertiary/aromatic N) is 1. The van der Waals surface area contributed by atoms with Gasteiger partial charge in [-0.05, 0) is 49.3 Å². The van der Waals surface area contributed by atoms with Gasteiger partial charge in [0.05, 0.1) is 18.7 Å². The zero-order chi connectivity index (χ0) is 20.2. The maximum atomic E-state index is 12.8. The molecular weight excluding hydrogens is 386 g/mol. The van der Waals surface area contributed by atoms with E-state index in [9.17, 15) is 9.59 Å². The monoisotopic (exact) mass is 413 g/mol. The zero-order valence-corrected chi connectivity index (χ0v) is 17.6. The summed E-state index contributed by atoms with van der Waals surface area (Å²) >= 11 is 1.56. The van der Waals surface area contributed by atoms with E-state index < -0.39 is 0 Å². The predicted molar refractivity (Wildman–Crippen MR) is 116 cm³/mol. The molecule has 0 radical (unpaired) electrons. The third kappa shape index (κ3) is 4.31. The summed E-state index contributed by atoms with van der Waals surface area (Å²) in [6, 6.07) is 8.22. The van der Waals surface area contributed by atoms with Gasteiger partial charge in [0.15, 0.2) is 0 Å². The number of hydrogen-bond donors (Lipinski definition) is 2. The molecule has 0 fully saturated rings. The molecule has 2 heterocycles. The number of methoxy groups -OCH3 is 1. The number of amides is 2. The fourth-order valence-corrected chi connectivity index (χ4v) is 5.46. The minimum atomic E-state index is -0.122. The molecular formula is C22H27N3O3S. The summed E-state index contributed by atoms with van der Waals surface area (Å²) in [5.41, 5.74) is 4.17. The summed E-state index contributed by atoms with van der Waals surface area (Å²) in [7, 11) is 1.61. The Labute approximate surface area is 175 Å². The Balaban J connectivity index is 1.50. The summed E-state index contributed by atoms with van der Waals surface area (Å²) in [4.78, 5) is 29.0. The van der Waals surface area contributed by atoms with Crippen LogP contribution >= 0.6 is 11.3 Å². The lowest BCUT2D eigenvalue weighted by atomic mass is 9.95. The second-order valence-corrected chi connectivity index (χ2v) is 8.62. The van der Waals surface area contributed by atoms with Gasteiger partial charge in [-0.2, -0.15) is 0 Å². The molecule has 0 spiro atoms. The van der Waals surface area contributed by atoms with E-state index in [1.165, 1.54) is 10.4 Å². The molecule has 1 aromatic carbocycles. The molecule has 154 valence electrons. The second-order valence-electron chi connectivity index (χ2n) is 7.51. The third-order valence-electron chi connectivity index (χ3n) is 5.56. The first-order chi connectivity index (χ1) is 14.2. The van der Waals surface area contributed by atoms with E-state index in [1.807, 2.05) is 12.1 Å². The average molecular weight is 414 g/mol. The van der Waals surface area contributed by atoms with Gasteiger partial charge in [0.1, 0.15) is 5.00 Å². The standard InChI is InChI=1S/C22H27N3O3S/c1-28-13-11-23-21(27)20-16-7-3-5-9-18(16)29-22(20)24-19(26)14-25-12-10-15-6-2-4-8-17(15)25/h2,4,6,8H,3,5,7,9-14H2,1H3,(H,23,27)(H,24,26). The van der Waals surface area contributed by atoms with E-state index >= 15 is 0 Å². The van der Waals surface area contributed by atoms with Crippen LogP contribution in [0.5, 0.6) is 0 Å². The molecule has 1 aromatic heterocycles. The molecule has 2 amide bonds. The molecule has 0 saturated carbocycles. The Kier molecular flexibility index (Phi) is 6.16. The Morgan fingerprint density at radius 2 is 2.00 bits per heavy atom. The normalized spacial score (nSPS) is 15.0. The maximum absolute atomic E-state index is 12.8. The molecule has 2 aromatic rings. The number of rotatable bonds is 7. The van der Waals surface area contributed by atoms with Crippen LogP contribution in [-0.4, -0.2) is 45.2 Å². The van der Waals surface area contributed by atoms with Crippen molar-refractivity contribution in [1.82, 2.24) is 5.32 Å². The Hall–Kier alpha value is -2.38. The number of anilines is 2. The molecule has 1 aliphatic carbocycles. The fraction of sp³-hybridized carbons (Fsp3) is 0.455. The zero-order valence-electron chi connectivity index (χ0n) is 16.8. The number of fused-ring (bicyclic) bond motifs is 2. The van der Waals surface area contributed by atoms with Crippen LogP contribution in [0.1, 0.15) is 39.2 Å². The van der Waals surface area contributed by atoms with Gasteiger partial charge in [-0.25, -0.2) is 0 Å². The van der Waals surface area contributed by atoms with Crippen molar-refractivity contribution in [3.8, 4) is 0 Å². The van der Waals surface area contributed by atoms with Crippen LogP contribution in [0.25, 0.3) is 0 Å². The highest BCUT2D eigenvalue weighted by molar-refractivity contribution is 7.17. The molecule has 1 aliphatic heterocycles. The van der Waals surface area contributed by atoms with Gasteiger partial charge in [-0.1, -0.05) is 18.2 Å². The summed E-state index contributed by atoms with van der Waals surface area (Å²) in [6.45, 7) is 2.06. The van der Waals surface area contributed by atoms with Crippen molar-refractivity contribution in [2.75, 3.05) is 43.6 Å². The van der Waals surface area contributed by atoms with Crippen molar-refractivity contribution in [2.24, 2.45) is 0 Å². The van der Waals surface area contributed by atoms with E-state index in [-0.39, 0.29) is 11.8 Å². The van der Waals surface area contributed by atoms with Gasteiger partial charge in [-0.3, -0.25) is 9.59 Å². The highest BCUT2D eigenvalue weighted by Crippen LogP contribution is 2.38. The first-order valence-corrected chi connectivity index (χ1v) is 11.0. The van der Waals surface area contributed by atoms with Gasteiger partial charge >= 0.3 is 0 Å². The number of thiophene rings is 1. The largest absolute Gasteiger partial charge is 0.383 e. The van der Waals surface area contributed by atoms with Gasteiger partial charge < -0.3 is 20.3 Å². The lowest BCUT2D eigenvalue weighted by molar-refractivity contribution is -0.114. The Morgan fingerprint density at radius 1 is 1.17 bits per heavy atom. The minimum Gasteiger partial charge on any atom is -0.383 e. The van der Waals surface area contributed by atoms with E-state index in [2.05, 4.69) is 27.7 Å². The second kappa shape index (κ2) is 8.97. The van der Waals surface area contributed by atoms with Crippen LogP contribution < -0.4 is 15.5 Å². The Morgan fingerprint density at radius 3 is 2.86 bits per heavy atom. The topological polar surface area (TPSA) is 70.7 Å². The molecule has 0 atom stereocenters. The molecule has 0 bridgehead atoms. The van der Waals surface area contributed by atoms with E-state index in [1.54, 1.807) is 18.4 Å². The maximum Gasteiger partial charge on any atom is 0.254 e. The van der Waals surface area contributed by atoms with Crippen molar-refractivity contribution in [2.45, 2.75) is 32.1 Å². The number of para-hydroxylation sites is 1. The van der Waals surface area contributed by atoms with Crippen molar-refractivity contribution < 1.29 is 14.3 Å². The predicted octanol–water partition coefficient (Wildman–Crippen LogP) is 3.00.